The summed E-state index contributed by atoms with van der Waals surface area (Å²) >= 11 is 0. The SMILES string of the molecule is C=CCOC(=O)C(CCCC)(CCCCC)C(=O)OCCCC. The molecule has 0 aliphatic carbocycles. The molecule has 0 aromatic heterocycles. The highest BCUT2D eigenvalue weighted by atomic mass is 16.6. The Balaban J connectivity index is 5.20. The summed E-state index contributed by atoms with van der Waals surface area (Å²) in [4.78, 5) is 25.3. The van der Waals surface area contributed by atoms with Crippen molar-refractivity contribution in [1.82, 2.24) is 0 Å². The van der Waals surface area contributed by atoms with Gasteiger partial charge in [-0.05, 0) is 19.3 Å². The molecule has 0 rings (SSSR count). The number of hydrogen-bond acceptors (Lipinski definition) is 4. The molecule has 4 heteroatoms. The molecule has 0 aliphatic heterocycles. The Morgan fingerprint density at radius 3 is 2.00 bits per heavy atom. The first-order chi connectivity index (χ1) is 11.1. The minimum absolute atomic E-state index is 0.128. The molecule has 23 heavy (non-hydrogen) atoms. The third-order valence-corrected chi connectivity index (χ3v) is 4.01. The van der Waals surface area contributed by atoms with Crippen molar-refractivity contribution in [3.05, 3.63) is 12.7 Å². The molecule has 0 heterocycles. The summed E-state index contributed by atoms with van der Waals surface area (Å²) < 4.78 is 10.7. The number of carbonyl (C=O) groups is 2. The van der Waals surface area contributed by atoms with Crippen molar-refractivity contribution >= 4 is 11.9 Å². The van der Waals surface area contributed by atoms with Crippen molar-refractivity contribution in [3.63, 3.8) is 0 Å². The van der Waals surface area contributed by atoms with Crippen LogP contribution in [0.5, 0.6) is 0 Å². The van der Waals surface area contributed by atoms with E-state index in [9.17, 15) is 9.59 Å². The molecule has 0 radical (unpaired) electrons. The van der Waals surface area contributed by atoms with Crippen molar-refractivity contribution in [2.75, 3.05) is 13.2 Å². The van der Waals surface area contributed by atoms with Gasteiger partial charge in [0, 0.05) is 0 Å². The molecular weight excluding hydrogens is 292 g/mol. The van der Waals surface area contributed by atoms with Crippen LogP contribution in [-0.4, -0.2) is 25.2 Å². The second kappa shape index (κ2) is 13.1. The number of unbranched alkanes of at least 4 members (excludes halogenated alkanes) is 4. The molecule has 0 aliphatic rings. The van der Waals surface area contributed by atoms with Crippen LogP contribution in [0, 0.1) is 5.41 Å². The summed E-state index contributed by atoms with van der Waals surface area (Å²) in [7, 11) is 0. The molecule has 0 bridgehead atoms. The first-order valence-corrected chi connectivity index (χ1v) is 9.04. The monoisotopic (exact) mass is 326 g/mol. The molecule has 0 fully saturated rings. The largest absolute Gasteiger partial charge is 0.465 e. The van der Waals surface area contributed by atoms with E-state index in [1.807, 2.05) is 13.8 Å². The highest BCUT2D eigenvalue weighted by Gasteiger charge is 2.47. The Bertz CT molecular complexity index is 351. The maximum Gasteiger partial charge on any atom is 0.323 e. The van der Waals surface area contributed by atoms with Crippen LogP contribution in [-0.2, 0) is 19.1 Å². The molecule has 134 valence electrons. The Kier molecular flexibility index (Phi) is 12.4. The Hall–Kier alpha value is -1.32. The number of rotatable bonds is 14. The molecule has 4 nitrogen and oxygen atoms in total. The normalized spacial score (nSPS) is 13.2. The van der Waals surface area contributed by atoms with Crippen LogP contribution in [0.15, 0.2) is 12.7 Å². The summed E-state index contributed by atoms with van der Waals surface area (Å²) in [5, 5.41) is 0. The number of esters is 2. The Morgan fingerprint density at radius 2 is 1.43 bits per heavy atom. The zero-order valence-corrected chi connectivity index (χ0v) is 15.2. The standard InChI is InChI=1S/C19H34O4/c1-5-9-12-14-19(13-10-6-2,17(20)22-15-8-4)18(21)23-16-11-7-3/h8H,4-7,9-16H2,1-3H3. The van der Waals surface area contributed by atoms with E-state index in [1.54, 1.807) is 0 Å². The van der Waals surface area contributed by atoms with E-state index in [0.29, 0.717) is 19.4 Å². The van der Waals surface area contributed by atoms with Gasteiger partial charge in [-0.2, -0.15) is 0 Å². The van der Waals surface area contributed by atoms with E-state index in [1.165, 1.54) is 6.08 Å². The van der Waals surface area contributed by atoms with Crippen LogP contribution < -0.4 is 0 Å². The van der Waals surface area contributed by atoms with Gasteiger partial charge in [-0.3, -0.25) is 9.59 Å². The first-order valence-electron chi connectivity index (χ1n) is 9.04. The molecular formula is C19H34O4. The minimum atomic E-state index is -1.15. The lowest BCUT2D eigenvalue weighted by atomic mass is 9.78. The summed E-state index contributed by atoms with van der Waals surface area (Å²) in [6.07, 6.45) is 8.86. The summed E-state index contributed by atoms with van der Waals surface area (Å²) in [6.45, 7) is 10.2. The highest BCUT2D eigenvalue weighted by molar-refractivity contribution is 6.00. The smallest absolute Gasteiger partial charge is 0.323 e. The fourth-order valence-electron chi connectivity index (χ4n) is 2.49. The van der Waals surface area contributed by atoms with Crippen molar-refractivity contribution in [2.45, 2.75) is 78.6 Å². The molecule has 0 saturated carbocycles. The van der Waals surface area contributed by atoms with Gasteiger partial charge in [-0.1, -0.05) is 72.0 Å². The quantitative estimate of drug-likeness (QED) is 0.199. The minimum Gasteiger partial charge on any atom is -0.465 e. The van der Waals surface area contributed by atoms with E-state index >= 15 is 0 Å². The van der Waals surface area contributed by atoms with Crippen LogP contribution in [0.1, 0.15) is 78.6 Å². The van der Waals surface area contributed by atoms with Gasteiger partial charge in [-0.25, -0.2) is 0 Å². The Morgan fingerprint density at radius 1 is 0.870 bits per heavy atom. The van der Waals surface area contributed by atoms with E-state index in [-0.39, 0.29) is 6.61 Å². The number of ether oxygens (including phenoxy) is 2. The molecule has 0 amide bonds. The molecule has 0 aromatic rings. The fraction of sp³-hybridized carbons (Fsp3) is 0.789. The van der Waals surface area contributed by atoms with E-state index in [0.717, 1.165) is 44.9 Å². The molecule has 0 spiro atoms. The number of carbonyl (C=O) groups excluding carboxylic acids is 2. The lowest BCUT2D eigenvalue weighted by Gasteiger charge is -2.29. The van der Waals surface area contributed by atoms with Crippen LogP contribution >= 0.6 is 0 Å². The highest BCUT2D eigenvalue weighted by Crippen LogP contribution is 2.35. The average molecular weight is 326 g/mol. The van der Waals surface area contributed by atoms with Crippen molar-refractivity contribution < 1.29 is 19.1 Å². The van der Waals surface area contributed by atoms with Crippen LogP contribution in [0.3, 0.4) is 0 Å². The van der Waals surface area contributed by atoms with Crippen molar-refractivity contribution in [3.8, 4) is 0 Å². The topological polar surface area (TPSA) is 52.6 Å². The van der Waals surface area contributed by atoms with E-state index < -0.39 is 17.4 Å². The van der Waals surface area contributed by atoms with Gasteiger partial charge in [0.1, 0.15) is 6.61 Å². The third kappa shape index (κ3) is 7.67. The Labute approximate surface area is 141 Å². The second-order valence-electron chi connectivity index (χ2n) is 6.02. The van der Waals surface area contributed by atoms with Crippen LogP contribution in [0.25, 0.3) is 0 Å². The molecule has 0 saturated heterocycles. The van der Waals surface area contributed by atoms with Gasteiger partial charge in [0.15, 0.2) is 5.41 Å². The molecule has 1 unspecified atom stereocenters. The maximum atomic E-state index is 12.7. The predicted molar refractivity (Wildman–Crippen MR) is 93.1 cm³/mol. The zero-order chi connectivity index (χ0) is 17.6. The average Bonchev–Trinajstić information content (AvgIpc) is 2.56. The van der Waals surface area contributed by atoms with Gasteiger partial charge >= 0.3 is 11.9 Å². The van der Waals surface area contributed by atoms with Gasteiger partial charge in [0.05, 0.1) is 6.61 Å². The summed E-state index contributed by atoms with van der Waals surface area (Å²) in [6, 6.07) is 0. The number of hydrogen-bond donors (Lipinski definition) is 0. The van der Waals surface area contributed by atoms with Gasteiger partial charge in [-0.15, -0.1) is 0 Å². The fourth-order valence-corrected chi connectivity index (χ4v) is 2.49. The zero-order valence-electron chi connectivity index (χ0n) is 15.2. The summed E-state index contributed by atoms with van der Waals surface area (Å²) in [5.41, 5.74) is -1.15. The molecule has 1 atom stereocenters. The van der Waals surface area contributed by atoms with Gasteiger partial charge in [0.2, 0.25) is 0 Å². The van der Waals surface area contributed by atoms with Gasteiger partial charge in [0.25, 0.3) is 0 Å². The van der Waals surface area contributed by atoms with Crippen LogP contribution in [0.2, 0.25) is 0 Å². The third-order valence-electron chi connectivity index (χ3n) is 4.01. The van der Waals surface area contributed by atoms with E-state index in [4.69, 9.17) is 9.47 Å². The van der Waals surface area contributed by atoms with Crippen molar-refractivity contribution in [2.24, 2.45) is 5.41 Å². The predicted octanol–water partition coefficient (Wildman–Crippen LogP) is 4.82. The van der Waals surface area contributed by atoms with Gasteiger partial charge < -0.3 is 9.47 Å². The van der Waals surface area contributed by atoms with E-state index in [2.05, 4.69) is 13.5 Å². The van der Waals surface area contributed by atoms with Crippen molar-refractivity contribution in [1.29, 1.82) is 0 Å². The first kappa shape index (κ1) is 21.7. The van der Waals surface area contributed by atoms with Crippen LogP contribution in [0.4, 0.5) is 0 Å². The lowest BCUT2D eigenvalue weighted by Crippen LogP contribution is -2.42. The molecule has 0 N–H and O–H groups in total. The lowest BCUT2D eigenvalue weighted by molar-refractivity contribution is -0.173. The summed E-state index contributed by atoms with van der Waals surface area (Å²) in [5.74, 6) is -0.868. The second-order valence-corrected chi connectivity index (χ2v) is 6.02. The molecule has 0 aromatic carbocycles. The maximum absolute atomic E-state index is 12.7.